The fourth-order valence-electron chi connectivity index (χ4n) is 3.59. The first-order chi connectivity index (χ1) is 12.6. The zero-order chi connectivity index (χ0) is 18.8. The van der Waals surface area contributed by atoms with Gasteiger partial charge in [-0.05, 0) is 54.0 Å². The zero-order valence-corrected chi connectivity index (χ0v) is 16.4. The molecule has 2 heteroatoms. The second-order valence-electron chi connectivity index (χ2n) is 7.50. The third kappa shape index (κ3) is 6.40. The number of para-hydroxylation sites is 1. The Kier molecular flexibility index (Phi) is 8.53. The molecule has 1 atom stereocenters. The van der Waals surface area contributed by atoms with Gasteiger partial charge in [-0.3, -0.25) is 0 Å². The van der Waals surface area contributed by atoms with Gasteiger partial charge in [0.2, 0.25) is 0 Å². The van der Waals surface area contributed by atoms with E-state index < -0.39 is 0 Å². The summed E-state index contributed by atoms with van der Waals surface area (Å²) in [7, 11) is 0. The fraction of sp³-hybridized carbons (Fsp3) is 0.500. The van der Waals surface area contributed by atoms with Crippen molar-refractivity contribution in [3.8, 4) is 11.5 Å². The maximum absolute atomic E-state index is 10.2. The van der Waals surface area contributed by atoms with E-state index in [-0.39, 0.29) is 5.92 Å². The predicted octanol–water partition coefficient (Wildman–Crippen LogP) is 6.74. The Bertz CT molecular complexity index is 663. The average Bonchev–Trinajstić information content (AvgIpc) is 2.63. The quantitative estimate of drug-likeness (QED) is 0.439. The van der Waals surface area contributed by atoms with Crippen LogP contribution in [0.3, 0.4) is 0 Å². The van der Waals surface area contributed by atoms with Gasteiger partial charge < -0.3 is 10.2 Å². The molecule has 0 bridgehead atoms. The van der Waals surface area contributed by atoms with Crippen LogP contribution in [0, 0.1) is 0 Å². The molecule has 0 aliphatic heterocycles. The molecule has 0 amide bonds. The molecule has 0 heterocycles. The molecule has 0 aliphatic carbocycles. The molecule has 142 valence electrons. The van der Waals surface area contributed by atoms with Crippen molar-refractivity contribution >= 4 is 0 Å². The smallest absolute Gasteiger partial charge is 0.119 e. The van der Waals surface area contributed by atoms with Gasteiger partial charge in [0.1, 0.15) is 11.5 Å². The zero-order valence-electron chi connectivity index (χ0n) is 16.4. The Morgan fingerprint density at radius 3 is 2.23 bits per heavy atom. The van der Waals surface area contributed by atoms with Crippen LogP contribution < -0.4 is 0 Å². The minimum atomic E-state index is 0.163. The van der Waals surface area contributed by atoms with Crippen LogP contribution in [0.4, 0.5) is 0 Å². The first-order valence-corrected chi connectivity index (χ1v) is 10.2. The van der Waals surface area contributed by atoms with Crippen molar-refractivity contribution < 1.29 is 10.2 Å². The SMILES string of the molecule is CCCCCCCCCc1ccc(O)c(CC(C)c2ccccc2O)c1. The molecule has 0 saturated heterocycles. The Balaban J connectivity index is 1.87. The standard InChI is InChI=1S/C24H34O2/c1-3-4-5-6-7-8-9-12-20-15-16-23(25)21(18-20)17-19(2)22-13-10-11-14-24(22)26/h10-11,13-16,18-19,25-26H,3-9,12,17H2,1-2H3. The Morgan fingerprint density at radius 1 is 0.808 bits per heavy atom. The summed E-state index contributed by atoms with van der Waals surface area (Å²) in [6, 6.07) is 13.5. The average molecular weight is 355 g/mol. The highest BCUT2D eigenvalue weighted by atomic mass is 16.3. The van der Waals surface area contributed by atoms with E-state index in [2.05, 4.69) is 19.9 Å². The molecule has 0 fully saturated rings. The number of phenols is 2. The van der Waals surface area contributed by atoms with E-state index in [9.17, 15) is 10.2 Å². The number of aromatic hydroxyl groups is 2. The molecule has 0 aliphatic rings. The minimum absolute atomic E-state index is 0.163. The number of hydrogen-bond acceptors (Lipinski definition) is 2. The Morgan fingerprint density at radius 2 is 1.50 bits per heavy atom. The lowest BCUT2D eigenvalue weighted by Gasteiger charge is -2.15. The van der Waals surface area contributed by atoms with E-state index in [0.717, 1.165) is 24.0 Å². The third-order valence-corrected chi connectivity index (χ3v) is 5.21. The summed E-state index contributed by atoms with van der Waals surface area (Å²) in [6.07, 6.45) is 11.0. The second kappa shape index (κ2) is 10.9. The van der Waals surface area contributed by atoms with Crippen LogP contribution in [0.5, 0.6) is 11.5 Å². The Hall–Kier alpha value is -1.96. The van der Waals surface area contributed by atoms with Crippen molar-refractivity contribution in [2.45, 2.75) is 77.6 Å². The lowest BCUT2D eigenvalue weighted by Crippen LogP contribution is -2.00. The molecular weight excluding hydrogens is 320 g/mol. The van der Waals surface area contributed by atoms with Crippen LogP contribution in [0.1, 0.15) is 81.4 Å². The number of phenolic OH excluding ortho intramolecular Hbond substituents is 2. The van der Waals surface area contributed by atoms with Gasteiger partial charge in [0.25, 0.3) is 0 Å². The summed E-state index contributed by atoms with van der Waals surface area (Å²) in [5.41, 5.74) is 3.21. The van der Waals surface area contributed by atoms with Gasteiger partial charge in [0.15, 0.2) is 0 Å². The third-order valence-electron chi connectivity index (χ3n) is 5.21. The van der Waals surface area contributed by atoms with Gasteiger partial charge in [0, 0.05) is 0 Å². The minimum Gasteiger partial charge on any atom is -0.508 e. The molecule has 0 spiro atoms. The van der Waals surface area contributed by atoms with E-state index in [1.165, 1.54) is 50.5 Å². The van der Waals surface area contributed by atoms with Crippen molar-refractivity contribution in [3.63, 3.8) is 0 Å². The topological polar surface area (TPSA) is 40.5 Å². The normalized spacial score (nSPS) is 12.2. The van der Waals surface area contributed by atoms with Crippen LogP contribution in [0.25, 0.3) is 0 Å². The highest BCUT2D eigenvalue weighted by Gasteiger charge is 2.13. The fourth-order valence-corrected chi connectivity index (χ4v) is 3.59. The lowest BCUT2D eigenvalue weighted by atomic mass is 9.91. The van der Waals surface area contributed by atoms with Crippen molar-refractivity contribution in [1.82, 2.24) is 0 Å². The number of unbranched alkanes of at least 4 members (excludes halogenated alkanes) is 6. The summed E-state index contributed by atoms with van der Waals surface area (Å²) in [5.74, 6) is 0.852. The largest absolute Gasteiger partial charge is 0.508 e. The van der Waals surface area contributed by atoms with Gasteiger partial charge >= 0.3 is 0 Å². The summed E-state index contributed by atoms with van der Waals surface area (Å²) in [6.45, 7) is 4.35. The molecule has 2 rings (SSSR count). The highest BCUT2D eigenvalue weighted by Crippen LogP contribution is 2.31. The van der Waals surface area contributed by atoms with Crippen molar-refractivity contribution in [3.05, 3.63) is 59.2 Å². The lowest BCUT2D eigenvalue weighted by molar-refractivity contribution is 0.455. The van der Waals surface area contributed by atoms with Crippen molar-refractivity contribution in [1.29, 1.82) is 0 Å². The van der Waals surface area contributed by atoms with Gasteiger partial charge in [0.05, 0.1) is 0 Å². The Labute approximate surface area is 158 Å². The molecular formula is C24H34O2. The van der Waals surface area contributed by atoms with Gasteiger partial charge in [-0.1, -0.05) is 82.7 Å². The summed E-state index contributed by atoms with van der Waals surface area (Å²) < 4.78 is 0. The van der Waals surface area contributed by atoms with E-state index in [1.54, 1.807) is 6.07 Å². The van der Waals surface area contributed by atoms with E-state index >= 15 is 0 Å². The molecule has 2 nitrogen and oxygen atoms in total. The number of hydrogen-bond donors (Lipinski definition) is 2. The van der Waals surface area contributed by atoms with Crippen molar-refractivity contribution in [2.24, 2.45) is 0 Å². The van der Waals surface area contributed by atoms with E-state index in [1.807, 2.05) is 30.3 Å². The molecule has 26 heavy (non-hydrogen) atoms. The van der Waals surface area contributed by atoms with Crippen LogP contribution in [0.15, 0.2) is 42.5 Å². The maximum atomic E-state index is 10.2. The van der Waals surface area contributed by atoms with Gasteiger partial charge in [-0.2, -0.15) is 0 Å². The van der Waals surface area contributed by atoms with Crippen LogP contribution in [-0.4, -0.2) is 10.2 Å². The molecule has 0 aromatic heterocycles. The summed E-state index contributed by atoms with van der Waals surface area (Å²) in [4.78, 5) is 0. The number of rotatable bonds is 11. The van der Waals surface area contributed by atoms with Gasteiger partial charge in [-0.15, -0.1) is 0 Å². The monoisotopic (exact) mass is 354 g/mol. The van der Waals surface area contributed by atoms with E-state index in [0.29, 0.717) is 11.5 Å². The number of benzene rings is 2. The maximum Gasteiger partial charge on any atom is 0.119 e. The van der Waals surface area contributed by atoms with Crippen LogP contribution >= 0.6 is 0 Å². The summed E-state index contributed by atoms with van der Waals surface area (Å²) in [5, 5.41) is 20.3. The number of aryl methyl sites for hydroxylation is 1. The molecule has 1 unspecified atom stereocenters. The van der Waals surface area contributed by atoms with Gasteiger partial charge in [-0.25, -0.2) is 0 Å². The second-order valence-corrected chi connectivity index (χ2v) is 7.50. The first-order valence-electron chi connectivity index (χ1n) is 10.2. The highest BCUT2D eigenvalue weighted by molar-refractivity contribution is 5.40. The van der Waals surface area contributed by atoms with Crippen LogP contribution in [0.2, 0.25) is 0 Å². The molecule has 2 aromatic carbocycles. The first kappa shape index (κ1) is 20.4. The molecule has 2 aromatic rings. The van der Waals surface area contributed by atoms with Crippen LogP contribution in [-0.2, 0) is 12.8 Å². The van der Waals surface area contributed by atoms with Crippen molar-refractivity contribution in [2.75, 3.05) is 0 Å². The predicted molar refractivity (Wildman–Crippen MR) is 110 cm³/mol. The molecule has 0 saturated carbocycles. The molecule has 0 radical (unpaired) electrons. The summed E-state index contributed by atoms with van der Waals surface area (Å²) >= 11 is 0. The molecule has 2 N–H and O–H groups in total. The van der Waals surface area contributed by atoms with E-state index in [4.69, 9.17) is 0 Å².